The molecule has 0 radical (unpaired) electrons. The largest absolute Gasteiger partial charge is 0.492 e. The number of likely N-dealkylation sites (N-methyl/N-ethyl adjacent to an activating group) is 1. The quantitative estimate of drug-likeness (QED) is 0.832. The topological polar surface area (TPSA) is 53.6 Å². The second-order valence-corrected chi connectivity index (χ2v) is 6.52. The van der Waals surface area contributed by atoms with Crippen LogP contribution in [0.3, 0.4) is 0 Å². The Morgan fingerprint density at radius 1 is 1.20 bits per heavy atom. The lowest BCUT2D eigenvalue weighted by Gasteiger charge is -2.24. The Bertz CT molecular complexity index is 694. The fourth-order valence-electron chi connectivity index (χ4n) is 2.92. The fraction of sp³-hybridized carbons (Fsp3) is 0.316. The van der Waals surface area contributed by atoms with Gasteiger partial charge < -0.3 is 9.64 Å². The van der Waals surface area contributed by atoms with Gasteiger partial charge in [-0.25, -0.2) is 5.43 Å². The van der Waals surface area contributed by atoms with E-state index in [-0.39, 0.29) is 17.9 Å². The summed E-state index contributed by atoms with van der Waals surface area (Å²) in [5.41, 5.74) is 7.32. The van der Waals surface area contributed by atoms with Gasteiger partial charge in [0, 0.05) is 18.6 Å². The summed E-state index contributed by atoms with van der Waals surface area (Å²) in [4.78, 5) is 14.5. The third-order valence-electron chi connectivity index (χ3n) is 4.34. The van der Waals surface area contributed by atoms with Crippen LogP contribution in [0.2, 0.25) is 5.02 Å². The molecule has 1 amide bonds. The van der Waals surface area contributed by atoms with Crippen LogP contribution < -0.4 is 15.6 Å². The normalized spacial score (nSPS) is 19.6. The van der Waals surface area contributed by atoms with Crippen molar-refractivity contribution in [2.45, 2.75) is 6.04 Å². The maximum atomic E-state index is 12.8. The van der Waals surface area contributed by atoms with Gasteiger partial charge in [-0.2, -0.15) is 0 Å². The van der Waals surface area contributed by atoms with Crippen molar-refractivity contribution in [3.63, 3.8) is 0 Å². The standard InChI is InChI=1S/C19H22ClN3O2/c1-23(11-12-25-16-5-3-2-4-6-16)19(24)17-13-21-22-18(17)14-7-9-15(20)10-8-14/h2-10,17-18,21-22H,11-13H2,1H3. The lowest BCUT2D eigenvalue weighted by molar-refractivity contribution is -0.134. The molecule has 5 nitrogen and oxygen atoms in total. The van der Waals surface area contributed by atoms with E-state index in [0.717, 1.165) is 11.3 Å². The molecule has 0 aliphatic carbocycles. The Balaban J connectivity index is 1.56. The van der Waals surface area contributed by atoms with Gasteiger partial charge in [-0.05, 0) is 29.8 Å². The van der Waals surface area contributed by atoms with Crippen LogP contribution in [0.5, 0.6) is 5.75 Å². The van der Waals surface area contributed by atoms with Crippen LogP contribution in [0.1, 0.15) is 11.6 Å². The molecule has 0 saturated carbocycles. The molecule has 2 atom stereocenters. The summed E-state index contributed by atoms with van der Waals surface area (Å²) in [6.07, 6.45) is 0. The number of rotatable bonds is 6. The van der Waals surface area contributed by atoms with Crippen LogP contribution in [0.4, 0.5) is 0 Å². The minimum atomic E-state index is -0.164. The first kappa shape index (κ1) is 17.7. The maximum Gasteiger partial charge on any atom is 0.228 e. The molecule has 1 saturated heterocycles. The summed E-state index contributed by atoms with van der Waals surface area (Å²) in [6, 6.07) is 17.1. The lowest BCUT2D eigenvalue weighted by Crippen LogP contribution is -2.38. The van der Waals surface area contributed by atoms with E-state index in [1.165, 1.54) is 0 Å². The average molecular weight is 360 g/mol. The van der Waals surface area contributed by atoms with Crippen molar-refractivity contribution in [1.29, 1.82) is 0 Å². The third kappa shape index (κ3) is 4.51. The van der Waals surface area contributed by atoms with Crippen molar-refractivity contribution in [3.05, 3.63) is 65.2 Å². The predicted molar refractivity (Wildman–Crippen MR) is 98.4 cm³/mol. The molecule has 0 bridgehead atoms. The van der Waals surface area contributed by atoms with Gasteiger partial charge in [0.1, 0.15) is 12.4 Å². The number of hydrogen-bond acceptors (Lipinski definition) is 4. The first-order chi connectivity index (χ1) is 12.1. The number of ether oxygens (including phenoxy) is 1. The monoisotopic (exact) mass is 359 g/mol. The Morgan fingerprint density at radius 3 is 2.64 bits per heavy atom. The van der Waals surface area contributed by atoms with E-state index < -0.39 is 0 Å². The SMILES string of the molecule is CN(CCOc1ccccc1)C(=O)C1CNNC1c1ccc(Cl)cc1. The Morgan fingerprint density at radius 2 is 1.92 bits per heavy atom. The third-order valence-corrected chi connectivity index (χ3v) is 4.60. The number of nitrogens with one attached hydrogen (secondary N) is 2. The Labute approximate surface area is 152 Å². The van der Waals surface area contributed by atoms with E-state index in [2.05, 4.69) is 10.9 Å². The van der Waals surface area contributed by atoms with Crippen molar-refractivity contribution in [2.75, 3.05) is 26.7 Å². The van der Waals surface area contributed by atoms with Crippen molar-refractivity contribution >= 4 is 17.5 Å². The number of nitrogens with zero attached hydrogens (tertiary/aromatic N) is 1. The van der Waals surface area contributed by atoms with Crippen molar-refractivity contribution in [3.8, 4) is 5.75 Å². The minimum absolute atomic E-state index is 0.0674. The molecular formula is C19H22ClN3O2. The van der Waals surface area contributed by atoms with Gasteiger partial charge in [0.05, 0.1) is 18.5 Å². The molecule has 2 aromatic rings. The van der Waals surface area contributed by atoms with Gasteiger partial charge >= 0.3 is 0 Å². The number of amides is 1. The summed E-state index contributed by atoms with van der Waals surface area (Å²) in [5, 5.41) is 0.688. The Hall–Kier alpha value is -2.08. The molecule has 3 rings (SSSR count). The van der Waals surface area contributed by atoms with Crippen molar-refractivity contribution in [1.82, 2.24) is 15.8 Å². The van der Waals surface area contributed by atoms with E-state index in [4.69, 9.17) is 16.3 Å². The zero-order valence-electron chi connectivity index (χ0n) is 14.1. The second-order valence-electron chi connectivity index (χ2n) is 6.08. The van der Waals surface area contributed by atoms with E-state index in [9.17, 15) is 4.79 Å². The van der Waals surface area contributed by atoms with Crippen molar-refractivity contribution < 1.29 is 9.53 Å². The minimum Gasteiger partial charge on any atom is -0.492 e. The number of para-hydroxylation sites is 1. The highest BCUT2D eigenvalue weighted by Gasteiger charge is 2.35. The number of carbonyl (C=O) groups is 1. The molecule has 132 valence electrons. The number of carbonyl (C=O) groups excluding carboxylic acids is 1. The molecular weight excluding hydrogens is 338 g/mol. The molecule has 2 N–H and O–H groups in total. The molecule has 6 heteroatoms. The molecule has 1 aliphatic rings. The predicted octanol–water partition coefficient (Wildman–Crippen LogP) is 2.64. The first-order valence-electron chi connectivity index (χ1n) is 8.32. The van der Waals surface area contributed by atoms with Crippen LogP contribution >= 0.6 is 11.6 Å². The molecule has 1 fully saturated rings. The van der Waals surface area contributed by atoms with E-state index in [0.29, 0.717) is 24.7 Å². The molecule has 0 aromatic heterocycles. The highest BCUT2D eigenvalue weighted by atomic mass is 35.5. The summed E-state index contributed by atoms with van der Waals surface area (Å²) in [7, 11) is 1.81. The molecule has 1 aliphatic heterocycles. The van der Waals surface area contributed by atoms with Crippen LogP contribution in [0.25, 0.3) is 0 Å². The van der Waals surface area contributed by atoms with Crippen molar-refractivity contribution in [2.24, 2.45) is 5.92 Å². The molecule has 1 heterocycles. The smallest absolute Gasteiger partial charge is 0.228 e. The van der Waals surface area contributed by atoms with Gasteiger partial charge in [0.25, 0.3) is 0 Å². The van der Waals surface area contributed by atoms with E-state index >= 15 is 0 Å². The number of halogens is 1. The van der Waals surface area contributed by atoms with Crippen LogP contribution in [-0.4, -0.2) is 37.6 Å². The summed E-state index contributed by atoms with van der Waals surface area (Å²) in [5.74, 6) is 0.739. The zero-order chi connectivity index (χ0) is 17.6. The Kier molecular flexibility index (Phi) is 5.91. The zero-order valence-corrected chi connectivity index (χ0v) is 14.9. The lowest BCUT2D eigenvalue weighted by atomic mass is 9.94. The fourth-order valence-corrected chi connectivity index (χ4v) is 3.05. The van der Waals surface area contributed by atoms with Crippen LogP contribution in [-0.2, 0) is 4.79 Å². The summed E-state index contributed by atoms with van der Waals surface area (Å²) >= 11 is 5.95. The van der Waals surface area contributed by atoms with Gasteiger partial charge in [-0.3, -0.25) is 10.2 Å². The highest BCUT2D eigenvalue weighted by Crippen LogP contribution is 2.27. The van der Waals surface area contributed by atoms with E-state index in [1.807, 2.05) is 61.6 Å². The van der Waals surface area contributed by atoms with Gasteiger partial charge in [0.15, 0.2) is 0 Å². The second kappa shape index (κ2) is 8.34. The van der Waals surface area contributed by atoms with Gasteiger partial charge in [0.2, 0.25) is 5.91 Å². The maximum absolute atomic E-state index is 12.8. The van der Waals surface area contributed by atoms with E-state index in [1.54, 1.807) is 4.90 Å². The summed E-state index contributed by atoms with van der Waals surface area (Å²) < 4.78 is 5.67. The molecule has 2 unspecified atom stereocenters. The number of hydrogen-bond donors (Lipinski definition) is 2. The average Bonchev–Trinajstić information content (AvgIpc) is 3.12. The number of benzene rings is 2. The molecule has 25 heavy (non-hydrogen) atoms. The molecule has 2 aromatic carbocycles. The first-order valence-corrected chi connectivity index (χ1v) is 8.69. The molecule has 0 spiro atoms. The van der Waals surface area contributed by atoms with Gasteiger partial charge in [-0.1, -0.05) is 41.9 Å². The highest BCUT2D eigenvalue weighted by molar-refractivity contribution is 6.30. The summed E-state index contributed by atoms with van der Waals surface area (Å²) in [6.45, 7) is 1.60. The number of hydrazine groups is 1. The van der Waals surface area contributed by atoms with Gasteiger partial charge in [-0.15, -0.1) is 0 Å². The van der Waals surface area contributed by atoms with Crippen LogP contribution in [0.15, 0.2) is 54.6 Å². The van der Waals surface area contributed by atoms with Crippen LogP contribution in [0, 0.1) is 5.92 Å².